The lowest BCUT2D eigenvalue weighted by Crippen LogP contribution is -2.41. The van der Waals surface area contributed by atoms with Gasteiger partial charge >= 0.3 is 18.2 Å². The number of alkyl halides is 3. The number of aliphatic carboxylic acids is 1. The van der Waals surface area contributed by atoms with Crippen LogP contribution < -0.4 is 5.32 Å². The Morgan fingerprint density at radius 3 is 2.17 bits per heavy atom. The van der Waals surface area contributed by atoms with Gasteiger partial charge in [0.1, 0.15) is 12.6 Å². The van der Waals surface area contributed by atoms with Gasteiger partial charge in [0, 0.05) is 5.92 Å². The summed E-state index contributed by atoms with van der Waals surface area (Å²) in [4.78, 5) is 24.1. The van der Waals surface area contributed by atoms with E-state index >= 15 is 0 Å². The van der Waals surface area contributed by atoms with Crippen molar-refractivity contribution in [2.75, 3.05) is 6.61 Å². The number of halogens is 4. The van der Waals surface area contributed by atoms with E-state index in [1.54, 1.807) is 0 Å². The number of amides is 1. The Hall–Kier alpha value is -3.52. The van der Waals surface area contributed by atoms with Gasteiger partial charge in [0.2, 0.25) is 0 Å². The van der Waals surface area contributed by atoms with Gasteiger partial charge in [-0.15, -0.1) is 0 Å². The molecule has 0 aliphatic heterocycles. The molecule has 1 aliphatic rings. The van der Waals surface area contributed by atoms with Crippen molar-refractivity contribution in [2.24, 2.45) is 0 Å². The molecule has 1 atom stereocenters. The molecule has 0 aromatic heterocycles. The zero-order chi connectivity index (χ0) is 25.2. The lowest BCUT2D eigenvalue weighted by Gasteiger charge is -2.18. The van der Waals surface area contributed by atoms with E-state index in [0.29, 0.717) is 0 Å². The van der Waals surface area contributed by atoms with Crippen LogP contribution in [0, 0.1) is 0 Å². The molecule has 5 nitrogen and oxygen atoms in total. The summed E-state index contributed by atoms with van der Waals surface area (Å²) in [7, 11) is 0. The molecule has 182 valence electrons. The minimum atomic E-state index is -4.63. The van der Waals surface area contributed by atoms with Crippen LogP contribution in [0.3, 0.4) is 0 Å². The van der Waals surface area contributed by atoms with Gasteiger partial charge in [-0.05, 0) is 52.8 Å². The number of ether oxygens (including phenoxy) is 1. The number of carboxylic acid groups (broad SMARTS) is 1. The summed E-state index contributed by atoms with van der Waals surface area (Å²) in [6.45, 7) is 0.0122. The summed E-state index contributed by atoms with van der Waals surface area (Å²) in [5.41, 5.74) is 3.40. The van der Waals surface area contributed by atoms with E-state index in [0.717, 1.165) is 34.4 Å². The molecule has 0 saturated heterocycles. The fourth-order valence-corrected chi connectivity index (χ4v) is 4.52. The predicted molar refractivity (Wildman–Crippen MR) is 124 cm³/mol. The van der Waals surface area contributed by atoms with Crippen LogP contribution in [0.5, 0.6) is 0 Å². The van der Waals surface area contributed by atoms with Crippen LogP contribution >= 0.6 is 11.6 Å². The summed E-state index contributed by atoms with van der Waals surface area (Å²) < 4.78 is 44.6. The maximum atomic E-state index is 13.1. The summed E-state index contributed by atoms with van der Waals surface area (Å²) in [6.07, 6.45) is -5.68. The highest BCUT2D eigenvalue weighted by Gasteiger charge is 2.33. The zero-order valence-electron chi connectivity index (χ0n) is 18.3. The summed E-state index contributed by atoms with van der Waals surface area (Å²) in [5, 5.41) is 11.4. The second kappa shape index (κ2) is 10.00. The normalized spacial score (nSPS) is 13.6. The predicted octanol–water partition coefficient (Wildman–Crippen LogP) is 6.28. The van der Waals surface area contributed by atoms with E-state index < -0.39 is 34.9 Å². The number of rotatable bonds is 7. The molecule has 1 aliphatic carbocycles. The molecule has 3 aromatic rings. The average molecular weight is 504 g/mol. The van der Waals surface area contributed by atoms with Gasteiger partial charge in [-0.2, -0.15) is 13.2 Å². The third-order valence-electron chi connectivity index (χ3n) is 5.99. The standard InChI is InChI=1S/C26H21ClF3NO4/c27-22-11-9-15(13-21(22)26(28,29)30)10-12-23(24(32)33)31-25(34)35-14-20-18-7-3-1-5-16(18)17-6-2-4-8-19(17)20/h1-9,11,13,20,23H,10,12,14H2,(H,31,34)(H,32,33)/t23-/m0/s1. The smallest absolute Gasteiger partial charge is 0.417 e. The van der Waals surface area contributed by atoms with E-state index in [1.165, 1.54) is 6.07 Å². The van der Waals surface area contributed by atoms with Crippen LogP contribution in [0.1, 0.15) is 34.6 Å². The van der Waals surface area contributed by atoms with Gasteiger partial charge in [-0.25, -0.2) is 9.59 Å². The van der Waals surface area contributed by atoms with E-state index in [-0.39, 0.29) is 30.9 Å². The van der Waals surface area contributed by atoms with Gasteiger partial charge in [-0.1, -0.05) is 66.2 Å². The Balaban J connectivity index is 1.39. The van der Waals surface area contributed by atoms with Crippen LogP contribution in [0.15, 0.2) is 66.7 Å². The first-order chi connectivity index (χ1) is 16.6. The van der Waals surface area contributed by atoms with Crippen LogP contribution in [0.25, 0.3) is 11.1 Å². The SMILES string of the molecule is O=C(N[C@@H](CCc1ccc(Cl)c(C(F)(F)F)c1)C(=O)O)OCC1c2ccccc2-c2ccccc21. The van der Waals surface area contributed by atoms with Crippen LogP contribution in [-0.2, 0) is 22.1 Å². The zero-order valence-corrected chi connectivity index (χ0v) is 19.1. The third-order valence-corrected chi connectivity index (χ3v) is 6.32. The molecule has 3 aromatic carbocycles. The van der Waals surface area contributed by atoms with Gasteiger partial charge in [0.05, 0.1) is 10.6 Å². The number of carbonyl (C=O) groups is 2. The maximum absolute atomic E-state index is 13.1. The summed E-state index contributed by atoms with van der Waals surface area (Å²) in [5.74, 6) is -1.50. The number of hydrogen-bond donors (Lipinski definition) is 2. The van der Waals surface area contributed by atoms with Crippen LogP contribution in [0.4, 0.5) is 18.0 Å². The number of alkyl carbamates (subject to hydrolysis) is 1. The quantitative estimate of drug-likeness (QED) is 0.397. The molecule has 0 fully saturated rings. The molecule has 0 bridgehead atoms. The molecule has 35 heavy (non-hydrogen) atoms. The molecule has 0 saturated carbocycles. The van der Waals surface area contributed by atoms with Crippen molar-refractivity contribution in [3.63, 3.8) is 0 Å². The molecule has 0 radical (unpaired) electrons. The maximum Gasteiger partial charge on any atom is 0.417 e. The number of aryl methyl sites for hydroxylation is 1. The van der Waals surface area contributed by atoms with Gasteiger partial charge in [0.25, 0.3) is 0 Å². The number of carboxylic acids is 1. The highest BCUT2D eigenvalue weighted by molar-refractivity contribution is 6.31. The molecule has 2 N–H and O–H groups in total. The summed E-state index contributed by atoms with van der Waals surface area (Å²) in [6, 6.07) is 17.6. The second-order valence-corrected chi connectivity index (χ2v) is 8.62. The number of fused-ring (bicyclic) bond motifs is 3. The van der Waals surface area contributed by atoms with Gasteiger partial charge in [0.15, 0.2) is 0 Å². The second-order valence-electron chi connectivity index (χ2n) is 8.21. The van der Waals surface area contributed by atoms with E-state index in [2.05, 4.69) is 5.32 Å². The first kappa shape index (κ1) is 24.6. The van der Waals surface area contributed by atoms with E-state index in [9.17, 15) is 27.9 Å². The van der Waals surface area contributed by atoms with Crippen molar-refractivity contribution in [1.29, 1.82) is 0 Å². The first-order valence-electron chi connectivity index (χ1n) is 10.8. The Morgan fingerprint density at radius 1 is 1.00 bits per heavy atom. The van der Waals surface area contributed by atoms with Crippen molar-refractivity contribution < 1.29 is 32.6 Å². The minimum absolute atomic E-state index is 0.0122. The molecule has 9 heteroatoms. The molecule has 0 unspecified atom stereocenters. The molecular weight excluding hydrogens is 483 g/mol. The Bertz CT molecular complexity index is 1220. The third kappa shape index (κ3) is 5.43. The Morgan fingerprint density at radius 2 is 1.60 bits per heavy atom. The average Bonchev–Trinajstić information content (AvgIpc) is 3.14. The lowest BCUT2D eigenvalue weighted by atomic mass is 9.98. The largest absolute Gasteiger partial charge is 0.480 e. The van der Waals surface area contributed by atoms with Gasteiger partial charge < -0.3 is 15.2 Å². The highest BCUT2D eigenvalue weighted by Crippen LogP contribution is 2.44. The van der Waals surface area contributed by atoms with Crippen molar-refractivity contribution in [1.82, 2.24) is 5.32 Å². The van der Waals surface area contributed by atoms with Crippen molar-refractivity contribution in [3.8, 4) is 11.1 Å². The molecular formula is C26H21ClF3NO4. The number of nitrogens with one attached hydrogen (secondary N) is 1. The highest BCUT2D eigenvalue weighted by atomic mass is 35.5. The fraction of sp³-hybridized carbons (Fsp3) is 0.231. The van der Waals surface area contributed by atoms with Crippen molar-refractivity contribution in [2.45, 2.75) is 31.0 Å². The van der Waals surface area contributed by atoms with Crippen LogP contribution in [-0.4, -0.2) is 29.8 Å². The first-order valence-corrected chi connectivity index (χ1v) is 11.2. The molecule has 1 amide bonds. The topological polar surface area (TPSA) is 75.6 Å². The molecule has 4 rings (SSSR count). The van der Waals surface area contributed by atoms with Crippen molar-refractivity contribution >= 4 is 23.7 Å². The number of hydrogen-bond acceptors (Lipinski definition) is 3. The summed E-state index contributed by atoms with van der Waals surface area (Å²) >= 11 is 5.63. The monoisotopic (exact) mass is 503 g/mol. The van der Waals surface area contributed by atoms with E-state index in [1.807, 2.05) is 48.5 Å². The Kier molecular flexibility index (Phi) is 7.03. The van der Waals surface area contributed by atoms with Gasteiger partial charge in [-0.3, -0.25) is 0 Å². The van der Waals surface area contributed by atoms with Crippen LogP contribution in [0.2, 0.25) is 5.02 Å². The molecule has 0 heterocycles. The lowest BCUT2D eigenvalue weighted by molar-refractivity contribution is -0.140. The molecule has 0 spiro atoms. The number of carbonyl (C=O) groups excluding carboxylic acids is 1. The fourth-order valence-electron chi connectivity index (χ4n) is 4.30. The van der Waals surface area contributed by atoms with E-state index in [4.69, 9.17) is 16.3 Å². The van der Waals surface area contributed by atoms with Crippen molar-refractivity contribution in [3.05, 3.63) is 94.0 Å². The minimum Gasteiger partial charge on any atom is -0.480 e. The number of benzene rings is 3. The Labute approximate surface area is 204 Å².